The van der Waals surface area contributed by atoms with E-state index in [1.807, 2.05) is 30.5 Å². The number of aliphatic hydroxyl groups is 2. The van der Waals surface area contributed by atoms with Crippen molar-refractivity contribution in [3.63, 3.8) is 0 Å². The van der Waals surface area contributed by atoms with Gasteiger partial charge in [-0.2, -0.15) is 10.4 Å². The molecule has 270 valence electrons. The maximum Gasteiger partial charge on any atom is 0.142 e. The van der Waals surface area contributed by atoms with Crippen molar-refractivity contribution in [1.82, 2.24) is 24.6 Å². The molecule has 10 nitrogen and oxygen atoms in total. The molecule has 2 atom stereocenters. The third-order valence-electron chi connectivity index (χ3n) is 9.86. The summed E-state index contributed by atoms with van der Waals surface area (Å²) in [4.78, 5) is 8.68. The molecule has 0 radical (unpaired) electrons. The van der Waals surface area contributed by atoms with Crippen LogP contribution >= 0.6 is 27.5 Å². The molecule has 2 aromatic heterocycles. The number of ether oxygens (including phenoxy) is 2. The zero-order valence-corrected chi connectivity index (χ0v) is 31.3. The lowest BCUT2D eigenvalue weighted by molar-refractivity contribution is 0.174. The van der Waals surface area contributed by atoms with Crippen LogP contribution in [0.4, 0.5) is 0 Å². The quantitative estimate of drug-likeness (QED) is 0.115. The minimum atomic E-state index is -0.341. The van der Waals surface area contributed by atoms with Crippen molar-refractivity contribution in [2.45, 2.75) is 64.2 Å². The summed E-state index contributed by atoms with van der Waals surface area (Å²) in [5.41, 5.74) is 6.33. The first-order chi connectivity index (χ1) is 25.3. The minimum absolute atomic E-state index is 0.180. The van der Waals surface area contributed by atoms with Crippen molar-refractivity contribution in [1.29, 1.82) is 5.26 Å². The lowest BCUT2D eigenvalue weighted by Crippen LogP contribution is -2.23. The first kappa shape index (κ1) is 36.3. The van der Waals surface area contributed by atoms with E-state index >= 15 is 0 Å². The van der Waals surface area contributed by atoms with E-state index in [1.165, 1.54) is 6.20 Å². The number of likely N-dealkylation sites (tertiary alicyclic amines) is 2. The van der Waals surface area contributed by atoms with Crippen molar-refractivity contribution >= 4 is 38.4 Å². The number of fused-ring (bicyclic) bond motifs is 1. The van der Waals surface area contributed by atoms with Crippen LogP contribution < -0.4 is 9.47 Å². The fourth-order valence-electron chi connectivity index (χ4n) is 7.11. The van der Waals surface area contributed by atoms with E-state index in [4.69, 9.17) is 26.2 Å². The fourth-order valence-corrected chi connectivity index (χ4v) is 7.95. The first-order valence-corrected chi connectivity index (χ1v) is 19.0. The van der Waals surface area contributed by atoms with Crippen LogP contribution in [0.3, 0.4) is 0 Å². The number of hydrogen-bond donors (Lipinski definition) is 2. The lowest BCUT2D eigenvalue weighted by atomic mass is 10.00. The molecule has 0 spiro atoms. The van der Waals surface area contributed by atoms with Crippen molar-refractivity contribution in [2.75, 3.05) is 32.7 Å². The molecule has 0 bridgehead atoms. The molecular weight excluding hydrogens is 744 g/mol. The number of nitrogens with zero attached hydrogens (tertiary/aromatic N) is 6. The van der Waals surface area contributed by atoms with Crippen molar-refractivity contribution < 1.29 is 19.7 Å². The average molecular weight is 786 g/mol. The predicted octanol–water partition coefficient (Wildman–Crippen LogP) is 6.96. The van der Waals surface area contributed by atoms with Crippen LogP contribution in [0.25, 0.3) is 22.0 Å². The summed E-state index contributed by atoms with van der Waals surface area (Å²) < 4.78 is 15.7. The van der Waals surface area contributed by atoms with Gasteiger partial charge in [-0.1, -0.05) is 41.9 Å². The molecule has 0 amide bonds. The second kappa shape index (κ2) is 16.8. The van der Waals surface area contributed by atoms with Gasteiger partial charge in [0, 0.05) is 84.3 Å². The van der Waals surface area contributed by atoms with Crippen molar-refractivity contribution in [3.05, 3.63) is 105 Å². The molecule has 2 N–H and O–H groups in total. The zero-order valence-electron chi connectivity index (χ0n) is 28.9. The summed E-state index contributed by atoms with van der Waals surface area (Å²) in [7, 11) is 0. The van der Waals surface area contributed by atoms with E-state index in [9.17, 15) is 15.5 Å². The van der Waals surface area contributed by atoms with Crippen molar-refractivity contribution in [2.24, 2.45) is 0 Å². The Balaban J connectivity index is 1.07. The second-order valence-corrected chi connectivity index (χ2v) is 14.9. The SMILES string of the molecule is N#Cc1cncc(COc2cc(OCc3cccc(-c4cccc5c4cnn5CCCCN4CC[C@@H](O)C4)c3Br)c(Cl)cc2CN2CC[C@H](O)C2)c1. The Morgan fingerprint density at radius 1 is 0.846 bits per heavy atom. The summed E-state index contributed by atoms with van der Waals surface area (Å²) in [6.45, 7) is 6.04. The highest BCUT2D eigenvalue weighted by atomic mass is 79.9. The van der Waals surface area contributed by atoms with E-state index in [2.05, 4.69) is 65.7 Å². The Morgan fingerprint density at radius 2 is 1.60 bits per heavy atom. The number of benzene rings is 3. The number of hydrogen-bond acceptors (Lipinski definition) is 9. The highest BCUT2D eigenvalue weighted by Crippen LogP contribution is 2.38. The maximum absolute atomic E-state index is 10.1. The van der Waals surface area contributed by atoms with Gasteiger partial charge in [0.15, 0.2) is 0 Å². The van der Waals surface area contributed by atoms with Crippen molar-refractivity contribution in [3.8, 4) is 28.7 Å². The van der Waals surface area contributed by atoms with E-state index in [1.54, 1.807) is 12.3 Å². The third-order valence-corrected chi connectivity index (χ3v) is 11.1. The van der Waals surface area contributed by atoms with E-state index < -0.39 is 0 Å². The Kier molecular flexibility index (Phi) is 11.7. The smallest absolute Gasteiger partial charge is 0.142 e. The molecule has 2 aliphatic heterocycles. The topological polar surface area (TPSA) is 120 Å². The van der Waals surface area contributed by atoms with Crippen LogP contribution in [0.1, 0.15) is 47.9 Å². The highest BCUT2D eigenvalue weighted by molar-refractivity contribution is 9.10. The van der Waals surface area contributed by atoms with Gasteiger partial charge in [-0.05, 0) is 77.5 Å². The number of halogens is 2. The summed E-state index contributed by atoms with van der Waals surface area (Å²) in [5.74, 6) is 1.11. The van der Waals surface area contributed by atoms with Gasteiger partial charge in [0.25, 0.3) is 0 Å². The number of pyridine rings is 1. The molecule has 5 aromatic rings. The van der Waals surface area contributed by atoms with Crippen LogP contribution in [0.15, 0.2) is 77.7 Å². The number of aryl methyl sites for hydroxylation is 1. The number of rotatable bonds is 14. The Morgan fingerprint density at radius 3 is 2.38 bits per heavy atom. The van der Waals surface area contributed by atoms with Crippen LogP contribution in [0, 0.1) is 11.3 Å². The predicted molar refractivity (Wildman–Crippen MR) is 204 cm³/mol. The molecule has 0 aliphatic carbocycles. The number of aromatic nitrogens is 3. The molecule has 2 saturated heterocycles. The second-order valence-electron chi connectivity index (χ2n) is 13.7. The van der Waals surface area contributed by atoms with E-state index in [0.29, 0.717) is 35.2 Å². The summed E-state index contributed by atoms with van der Waals surface area (Å²) in [6, 6.07) is 20.1. The molecule has 2 aliphatic rings. The number of nitriles is 1. The standard InChI is InChI=1S/C40H42BrClN6O4/c41-40-29(5-3-7-34(40)33-6-4-8-37-35(33)21-45-48(37)12-2-1-11-46-13-9-31(49)23-46)26-52-39-17-38(51-25-28-15-27(18-43)19-44-20-28)30(16-36(39)42)22-47-14-10-32(50)24-47/h3-8,15-17,19-21,31-32,49-50H,1-2,9-14,22-26H2/t31-,32+/m1/s1. The normalized spacial score (nSPS) is 17.9. The molecule has 2 fully saturated rings. The summed E-state index contributed by atoms with van der Waals surface area (Å²) >= 11 is 10.7. The molecule has 52 heavy (non-hydrogen) atoms. The van der Waals surface area contributed by atoms with Gasteiger partial charge in [0.2, 0.25) is 0 Å². The van der Waals surface area contributed by atoms with Gasteiger partial charge in [0.1, 0.15) is 30.8 Å². The first-order valence-electron chi connectivity index (χ1n) is 17.8. The molecule has 7 rings (SSSR count). The molecule has 4 heterocycles. The fraction of sp³-hybridized carbons (Fsp3) is 0.375. The number of β-amino-alcohol motifs (C(OH)–C–C–N with tert-alkyl or cyclic N) is 2. The van der Waals surface area contributed by atoms with Gasteiger partial charge >= 0.3 is 0 Å². The summed E-state index contributed by atoms with van der Waals surface area (Å²) in [6.07, 6.45) is 8.33. The van der Waals surface area contributed by atoms with Crippen LogP contribution in [-0.4, -0.2) is 79.7 Å². The van der Waals surface area contributed by atoms with Gasteiger partial charge < -0.3 is 24.6 Å². The Hall–Kier alpha value is -4.02. The number of unbranched alkanes of at least 4 members (excludes halogenated alkanes) is 1. The molecule has 3 aromatic carbocycles. The lowest BCUT2D eigenvalue weighted by Gasteiger charge is -2.20. The largest absolute Gasteiger partial charge is 0.488 e. The molecule has 12 heteroatoms. The van der Waals surface area contributed by atoms with Crippen LogP contribution in [0.2, 0.25) is 5.02 Å². The molecule has 0 unspecified atom stereocenters. The highest BCUT2D eigenvalue weighted by Gasteiger charge is 2.23. The maximum atomic E-state index is 10.1. The summed E-state index contributed by atoms with van der Waals surface area (Å²) in [5, 5.41) is 35.5. The Labute approximate surface area is 317 Å². The number of aliphatic hydroxyl groups excluding tert-OH is 2. The van der Waals surface area contributed by atoms with Gasteiger partial charge in [-0.15, -0.1) is 0 Å². The van der Waals surface area contributed by atoms with Crippen LogP contribution in [-0.2, 0) is 26.3 Å². The van der Waals surface area contributed by atoms with Gasteiger partial charge in [0.05, 0.1) is 34.5 Å². The van der Waals surface area contributed by atoms with Crippen LogP contribution in [0.5, 0.6) is 11.5 Å². The van der Waals surface area contributed by atoms with Gasteiger partial charge in [-0.3, -0.25) is 14.6 Å². The monoisotopic (exact) mass is 784 g/mol. The molecular formula is C40H42BrClN6O4. The zero-order chi connectivity index (χ0) is 36.0. The van der Waals surface area contributed by atoms with Gasteiger partial charge in [-0.25, -0.2) is 0 Å². The Bertz CT molecular complexity index is 2070. The molecule has 0 saturated carbocycles. The third kappa shape index (κ3) is 8.60. The average Bonchev–Trinajstić information content (AvgIpc) is 3.89. The minimum Gasteiger partial charge on any atom is -0.488 e. The van der Waals surface area contributed by atoms with E-state index in [0.717, 1.165) is 102 Å². The van der Waals surface area contributed by atoms with E-state index in [-0.39, 0.29) is 25.4 Å².